The number of hydrogen-bond acceptors (Lipinski definition) is 4. The van der Waals surface area contributed by atoms with Gasteiger partial charge in [0.2, 0.25) is 15.9 Å². The van der Waals surface area contributed by atoms with Gasteiger partial charge in [0.1, 0.15) is 10.6 Å². The second-order valence-electron chi connectivity index (χ2n) is 3.17. The Morgan fingerprint density at radius 1 is 1.44 bits per heavy atom. The van der Waals surface area contributed by atoms with Gasteiger partial charge in [-0.15, -0.1) is 0 Å². The molecule has 0 atom stereocenters. The molecule has 7 heteroatoms. The molecule has 0 aliphatic carbocycles. The van der Waals surface area contributed by atoms with Crippen molar-refractivity contribution in [2.24, 2.45) is 10.9 Å². The smallest absolute Gasteiger partial charge is 0.241 e. The lowest BCUT2D eigenvalue weighted by molar-refractivity contribution is -0.117. The summed E-state index contributed by atoms with van der Waals surface area (Å²) in [5.74, 6) is -0.416. The van der Waals surface area contributed by atoms with E-state index in [1.54, 1.807) is 6.07 Å². The fourth-order valence-corrected chi connectivity index (χ4v) is 2.00. The molecule has 0 aromatic heterocycles. The number of primary amides is 1. The molecule has 0 unspecified atom stereocenters. The molecule has 0 radical (unpaired) electrons. The number of nitrogens with two attached hydrogens (primary N) is 2. The summed E-state index contributed by atoms with van der Waals surface area (Å²) in [5.41, 5.74) is 5.47. The highest BCUT2D eigenvalue weighted by atomic mass is 32.2. The van der Waals surface area contributed by atoms with Gasteiger partial charge in [-0.1, -0.05) is 6.07 Å². The first kappa shape index (κ1) is 12.5. The van der Waals surface area contributed by atoms with Crippen LogP contribution in [-0.2, 0) is 21.2 Å². The number of carbonyl (C=O) groups is 1. The predicted molar refractivity (Wildman–Crippen MR) is 57.3 cm³/mol. The van der Waals surface area contributed by atoms with Crippen LogP contribution in [0.3, 0.4) is 0 Å². The molecule has 1 amide bonds. The summed E-state index contributed by atoms with van der Waals surface area (Å²) in [6.07, 6.45) is -0.0491. The summed E-state index contributed by atoms with van der Waals surface area (Å²) >= 11 is 0. The molecule has 88 valence electrons. The first-order valence-corrected chi connectivity index (χ1v) is 5.87. The number of methoxy groups -OCH3 is 1. The Labute approximate surface area is 93.2 Å². The standard InChI is InChI=1S/C9H12N2O4S/c1-15-7-3-2-6(5-9(10)12)4-8(7)16(11,13)14/h2-4H,5H2,1H3,(H2,10,12)(H2,11,13,14). The van der Waals surface area contributed by atoms with Crippen LogP contribution in [-0.4, -0.2) is 21.4 Å². The average Bonchev–Trinajstić information content (AvgIpc) is 2.15. The Morgan fingerprint density at radius 3 is 2.50 bits per heavy atom. The van der Waals surface area contributed by atoms with Crippen LogP contribution in [0, 0.1) is 0 Å². The summed E-state index contributed by atoms with van der Waals surface area (Å²) in [6.45, 7) is 0. The first-order chi connectivity index (χ1) is 7.34. The van der Waals surface area contributed by atoms with Crippen LogP contribution in [0.25, 0.3) is 0 Å². The summed E-state index contributed by atoms with van der Waals surface area (Å²) in [5, 5.41) is 5.01. The molecule has 0 spiro atoms. The van der Waals surface area contributed by atoms with Crippen molar-refractivity contribution >= 4 is 15.9 Å². The molecule has 4 N–H and O–H groups in total. The number of hydrogen-bond donors (Lipinski definition) is 2. The van der Waals surface area contributed by atoms with Crippen LogP contribution in [0.4, 0.5) is 0 Å². The van der Waals surface area contributed by atoms with E-state index in [0.29, 0.717) is 5.56 Å². The second-order valence-corrected chi connectivity index (χ2v) is 4.70. The van der Waals surface area contributed by atoms with Gasteiger partial charge in [0.25, 0.3) is 0 Å². The van der Waals surface area contributed by atoms with Crippen molar-refractivity contribution in [1.82, 2.24) is 0 Å². The second kappa shape index (κ2) is 4.50. The zero-order valence-electron chi connectivity index (χ0n) is 8.64. The number of amides is 1. The minimum Gasteiger partial charge on any atom is -0.495 e. The highest BCUT2D eigenvalue weighted by Crippen LogP contribution is 2.23. The van der Waals surface area contributed by atoms with Gasteiger partial charge in [-0.3, -0.25) is 4.79 Å². The van der Waals surface area contributed by atoms with Gasteiger partial charge >= 0.3 is 0 Å². The van der Waals surface area contributed by atoms with Crippen LogP contribution in [0.2, 0.25) is 0 Å². The number of ether oxygens (including phenoxy) is 1. The summed E-state index contributed by atoms with van der Waals surface area (Å²) in [4.78, 5) is 10.5. The van der Waals surface area contributed by atoms with E-state index in [1.165, 1.54) is 19.2 Å². The van der Waals surface area contributed by atoms with Gasteiger partial charge in [-0.2, -0.15) is 0 Å². The molecule has 0 heterocycles. The maximum absolute atomic E-state index is 11.2. The van der Waals surface area contributed by atoms with E-state index < -0.39 is 15.9 Å². The topological polar surface area (TPSA) is 112 Å². The first-order valence-electron chi connectivity index (χ1n) is 4.32. The molecule has 0 saturated carbocycles. The van der Waals surface area contributed by atoms with E-state index in [1.807, 2.05) is 0 Å². The van der Waals surface area contributed by atoms with Gasteiger partial charge in [0, 0.05) is 0 Å². The third kappa shape index (κ3) is 2.94. The summed E-state index contributed by atoms with van der Waals surface area (Å²) in [7, 11) is -2.55. The molecule has 1 aromatic carbocycles. The molecule has 16 heavy (non-hydrogen) atoms. The molecule has 0 saturated heterocycles. The van der Waals surface area contributed by atoms with E-state index >= 15 is 0 Å². The number of sulfonamides is 1. The van der Waals surface area contributed by atoms with E-state index in [-0.39, 0.29) is 17.1 Å². The molecule has 1 aromatic rings. The summed E-state index contributed by atoms with van der Waals surface area (Å²) in [6, 6.07) is 4.26. The van der Waals surface area contributed by atoms with Crippen molar-refractivity contribution in [3.63, 3.8) is 0 Å². The van der Waals surface area contributed by atoms with E-state index in [2.05, 4.69) is 0 Å². The number of benzene rings is 1. The van der Waals surface area contributed by atoms with Crippen molar-refractivity contribution in [3.8, 4) is 5.75 Å². The Morgan fingerprint density at radius 2 is 2.06 bits per heavy atom. The molecular formula is C9H12N2O4S. The van der Waals surface area contributed by atoms with E-state index in [4.69, 9.17) is 15.6 Å². The molecule has 0 aliphatic heterocycles. The molecule has 0 bridgehead atoms. The highest BCUT2D eigenvalue weighted by Gasteiger charge is 2.15. The monoisotopic (exact) mass is 244 g/mol. The largest absolute Gasteiger partial charge is 0.495 e. The number of rotatable bonds is 4. The van der Waals surface area contributed by atoms with Crippen LogP contribution in [0.5, 0.6) is 5.75 Å². The van der Waals surface area contributed by atoms with Crippen molar-refractivity contribution in [1.29, 1.82) is 0 Å². The fraction of sp³-hybridized carbons (Fsp3) is 0.222. The zero-order valence-corrected chi connectivity index (χ0v) is 9.45. The Balaban J connectivity index is 3.27. The fourth-order valence-electron chi connectivity index (χ4n) is 1.25. The van der Waals surface area contributed by atoms with Gasteiger partial charge in [-0.05, 0) is 17.7 Å². The minimum atomic E-state index is -3.88. The van der Waals surface area contributed by atoms with Gasteiger partial charge in [0.05, 0.1) is 13.5 Å². The van der Waals surface area contributed by atoms with Crippen molar-refractivity contribution in [3.05, 3.63) is 23.8 Å². The SMILES string of the molecule is COc1ccc(CC(N)=O)cc1S(N)(=O)=O. The lowest BCUT2D eigenvalue weighted by Crippen LogP contribution is -2.16. The van der Waals surface area contributed by atoms with Gasteiger partial charge < -0.3 is 10.5 Å². The maximum atomic E-state index is 11.2. The number of carbonyl (C=O) groups excluding carboxylic acids is 1. The Kier molecular flexibility index (Phi) is 3.51. The Bertz CT molecular complexity index is 510. The quantitative estimate of drug-likeness (QED) is 0.734. The number of primary sulfonamides is 1. The van der Waals surface area contributed by atoms with Crippen molar-refractivity contribution in [2.45, 2.75) is 11.3 Å². The molecule has 6 nitrogen and oxygen atoms in total. The van der Waals surface area contributed by atoms with Gasteiger partial charge in [0.15, 0.2) is 0 Å². The molecule has 1 rings (SSSR count). The van der Waals surface area contributed by atoms with Crippen LogP contribution < -0.4 is 15.6 Å². The van der Waals surface area contributed by atoms with Crippen LogP contribution in [0.1, 0.15) is 5.56 Å². The third-order valence-electron chi connectivity index (χ3n) is 1.91. The highest BCUT2D eigenvalue weighted by molar-refractivity contribution is 7.89. The zero-order chi connectivity index (χ0) is 12.3. The van der Waals surface area contributed by atoms with Crippen LogP contribution >= 0.6 is 0 Å². The average molecular weight is 244 g/mol. The van der Waals surface area contributed by atoms with E-state index in [0.717, 1.165) is 0 Å². The van der Waals surface area contributed by atoms with Gasteiger partial charge in [-0.25, -0.2) is 13.6 Å². The van der Waals surface area contributed by atoms with Crippen molar-refractivity contribution < 1.29 is 17.9 Å². The van der Waals surface area contributed by atoms with Crippen molar-refractivity contribution in [2.75, 3.05) is 7.11 Å². The molecule has 0 fully saturated rings. The minimum absolute atomic E-state index is 0.0491. The molecule has 0 aliphatic rings. The Hall–Kier alpha value is -1.60. The normalized spacial score (nSPS) is 11.1. The molecular weight excluding hydrogens is 232 g/mol. The third-order valence-corrected chi connectivity index (χ3v) is 2.85. The lowest BCUT2D eigenvalue weighted by atomic mass is 10.1. The van der Waals surface area contributed by atoms with E-state index in [9.17, 15) is 13.2 Å². The van der Waals surface area contributed by atoms with Crippen LogP contribution in [0.15, 0.2) is 23.1 Å². The predicted octanol–water partition coefficient (Wildman–Crippen LogP) is -0.630. The lowest BCUT2D eigenvalue weighted by Gasteiger charge is -2.08. The maximum Gasteiger partial charge on any atom is 0.241 e. The summed E-state index contributed by atoms with van der Waals surface area (Å²) < 4.78 is 27.3.